The zero-order valence-corrected chi connectivity index (χ0v) is 21.5. The third-order valence-electron chi connectivity index (χ3n) is 6.57. The van der Waals surface area contributed by atoms with Crippen LogP contribution in [-0.2, 0) is 6.54 Å². The van der Waals surface area contributed by atoms with E-state index in [1.807, 2.05) is 0 Å². The molecule has 1 aromatic rings. The van der Waals surface area contributed by atoms with Gasteiger partial charge in [-0.2, -0.15) is 0 Å². The van der Waals surface area contributed by atoms with Crippen molar-refractivity contribution in [2.45, 2.75) is 64.6 Å². The fraction of sp³-hybridized carbons (Fsp3) is 0.708. The van der Waals surface area contributed by atoms with Crippen molar-refractivity contribution < 1.29 is 0 Å². The van der Waals surface area contributed by atoms with Crippen molar-refractivity contribution in [2.24, 2.45) is 10.9 Å². The number of nitrogens with zero attached hydrogens (tertiary/aromatic N) is 3. The molecule has 0 aliphatic carbocycles. The summed E-state index contributed by atoms with van der Waals surface area (Å²) in [7, 11) is 2.23. The summed E-state index contributed by atoms with van der Waals surface area (Å²) >= 11 is 0. The summed E-state index contributed by atoms with van der Waals surface area (Å²) in [6, 6.07) is 11.9. The van der Waals surface area contributed by atoms with E-state index in [0.29, 0.717) is 12.1 Å². The summed E-state index contributed by atoms with van der Waals surface area (Å²) < 4.78 is 0. The number of nitrogens with one attached hydrogen (secondary N) is 2. The van der Waals surface area contributed by atoms with Gasteiger partial charge in [-0.05, 0) is 77.6 Å². The molecule has 0 aromatic heterocycles. The van der Waals surface area contributed by atoms with Crippen molar-refractivity contribution >= 4 is 29.9 Å². The molecule has 2 fully saturated rings. The molecule has 0 spiro atoms. The van der Waals surface area contributed by atoms with Crippen molar-refractivity contribution in [1.82, 2.24) is 20.4 Å². The summed E-state index contributed by atoms with van der Waals surface area (Å²) in [5, 5.41) is 7.18. The van der Waals surface area contributed by atoms with Crippen LogP contribution < -0.4 is 10.6 Å². The minimum Gasteiger partial charge on any atom is -0.357 e. The Morgan fingerprint density at radius 3 is 2.50 bits per heavy atom. The van der Waals surface area contributed by atoms with E-state index >= 15 is 0 Å². The normalized spacial score (nSPS) is 24.3. The second-order valence-corrected chi connectivity index (χ2v) is 8.97. The van der Waals surface area contributed by atoms with Gasteiger partial charge in [0.2, 0.25) is 0 Å². The average molecular weight is 528 g/mol. The highest BCUT2D eigenvalue weighted by atomic mass is 127. The molecular weight excluding hydrogens is 485 g/mol. The van der Waals surface area contributed by atoms with Gasteiger partial charge >= 0.3 is 0 Å². The summed E-state index contributed by atoms with van der Waals surface area (Å²) in [5.41, 5.74) is 1.41. The van der Waals surface area contributed by atoms with Gasteiger partial charge in [0, 0.05) is 38.3 Å². The Balaban J connectivity index is 0.00000320. The van der Waals surface area contributed by atoms with Crippen LogP contribution in [0.1, 0.15) is 51.5 Å². The highest BCUT2D eigenvalue weighted by Gasteiger charge is 2.26. The predicted octanol–water partition coefficient (Wildman–Crippen LogP) is 3.94. The number of benzene rings is 1. The first-order valence-corrected chi connectivity index (χ1v) is 11.7. The summed E-state index contributed by atoms with van der Waals surface area (Å²) in [6.07, 6.45) is 6.22. The third kappa shape index (κ3) is 8.35. The molecule has 0 radical (unpaired) electrons. The van der Waals surface area contributed by atoms with Crippen LogP contribution in [0.4, 0.5) is 0 Å². The first kappa shape index (κ1) is 25.4. The Hall–Kier alpha value is -0.860. The molecule has 1 aromatic carbocycles. The summed E-state index contributed by atoms with van der Waals surface area (Å²) in [4.78, 5) is 9.95. The second kappa shape index (κ2) is 13.5. The van der Waals surface area contributed by atoms with Crippen LogP contribution in [0.25, 0.3) is 0 Å². The molecule has 5 nitrogen and oxygen atoms in total. The average Bonchev–Trinajstić information content (AvgIpc) is 2.72. The molecule has 2 heterocycles. The van der Waals surface area contributed by atoms with E-state index in [1.165, 1.54) is 50.8 Å². The highest BCUT2D eigenvalue weighted by Crippen LogP contribution is 2.21. The quantitative estimate of drug-likeness (QED) is 0.320. The Bertz CT molecular complexity index is 615. The van der Waals surface area contributed by atoms with Crippen LogP contribution in [-0.4, -0.2) is 67.6 Å². The number of hydrogen-bond acceptors (Lipinski definition) is 3. The lowest BCUT2D eigenvalue weighted by atomic mass is 9.94. The first-order valence-electron chi connectivity index (χ1n) is 11.7. The molecule has 170 valence electrons. The van der Waals surface area contributed by atoms with Crippen molar-refractivity contribution in [1.29, 1.82) is 0 Å². The van der Waals surface area contributed by atoms with Crippen molar-refractivity contribution in [3.8, 4) is 0 Å². The first-order chi connectivity index (χ1) is 14.1. The highest BCUT2D eigenvalue weighted by molar-refractivity contribution is 14.0. The van der Waals surface area contributed by atoms with E-state index in [0.717, 1.165) is 38.1 Å². The van der Waals surface area contributed by atoms with Gasteiger partial charge in [-0.15, -0.1) is 24.0 Å². The van der Waals surface area contributed by atoms with Crippen LogP contribution in [0, 0.1) is 5.92 Å². The van der Waals surface area contributed by atoms with E-state index in [2.05, 4.69) is 71.7 Å². The molecule has 0 saturated carbocycles. The van der Waals surface area contributed by atoms with Gasteiger partial charge in [-0.1, -0.05) is 30.3 Å². The van der Waals surface area contributed by atoms with Crippen LogP contribution >= 0.6 is 24.0 Å². The van der Waals surface area contributed by atoms with E-state index < -0.39 is 0 Å². The summed E-state index contributed by atoms with van der Waals surface area (Å²) in [6.45, 7) is 11.1. The fourth-order valence-corrected chi connectivity index (χ4v) is 4.63. The van der Waals surface area contributed by atoms with Crippen LogP contribution in [0.2, 0.25) is 0 Å². The van der Waals surface area contributed by atoms with Crippen LogP contribution in [0.5, 0.6) is 0 Å². The zero-order valence-electron chi connectivity index (χ0n) is 19.1. The Morgan fingerprint density at radius 1 is 1.10 bits per heavy atom. The number of hydrogen-bond donors (Lipinski definition) is 2. The van der Waals surface area contributed by atoms with Crippen LogP contribution in [0.15, 0.2) is 35.3 Å². The molecule has 2 N–H and O–H groups in total. The van der Waals surface area contributed by atoms with Crippen LogP contribution in [0.3, 0.4) is 0 Å². The molecule has 2 atom stereocenters. The molecule has 0 bridgehead atoms. The summed E-state index contributed by atoms with van der Waals surface area (Å²) in [5.74, 6) is 1.85. The number of halogens is 1. The van der Waals surface area contributed by atoms with E-state index in [4.69, 9.17) is 4.99 Å². The molecule has 2 unspecified atom stereocenters. The number of aliphatic imine (C=N–C) groups is 1. The number of likely N-dealkylation sites (tertiary alicyclic amines) is 2. The molecule has 2 saturated heterocycles. The van der Waals surface area contributed by atoms with Gasteiger partial charge in [0.15, 0.2) is 5.96 Å². The maximum absolute atomic E-state index is 4.90. The van der Waals surface area contributed by atoms with E-state index in [-0.39, 0.29) is 24.0 Å². The molecule has 0 amide bonds. The maximum atomic E-state index is 4.90. The van der Waals surface area contributed by atoms with Gasteiger partial charge in [0.25, 0.3) is 0 Å². The lowest BCUT2D eigenvalue weighted by Crippen LogP contribution is -2.51. The lowest BCUT2D eigenvalue weighted by molar-refractivity contribution is 0.134. The second-order valence-electron chi connectivity index (χ2n) is 8.97. The molecule has 2 aliphatic rings. The topological polar surface area (TPSA) is 42.9 Å². The minimum atomic E-state index is 0. The van der Waals surface area contributed by atoms with Crippen molar-refractivity contribution in [3.05, 3.63) is 35.9 Å². The number of rotatable bonds is 7. The van der Waals surface area contributed by atoms with Gasteiger partial charge in [0.05, 0.1) is 0 Å². The fourth-order valence-electron chi connectivity index (χ4n) is 4.63. The smallest absolute Gasteiger partial charge is 0.191 e. The number of piperidine rings is 2. The van der Waals surface area contributed by atoms with Gasteiger partial charge in [-0.3, -0.25) is 9.89 Å². The SMILES string of the molecule is CCNC(=NCCC1CCN(C)CC1)NC1CCN(Cc2ccccc2)C(C)C1.I. The maximum Gasteiger partial charge on any atom is 0.191 e. The van der Waals surface area contributed by atoms with E-state index in [9.17, 15) is 0 Å². The molecule has 30 heavy (non-hydrogen) atoms. The number of guanidine groups is 1. The molecule has 2 aliphatic heterocycles. The van der Waals surface area contributed by atoms with E-state index in [1.54, 1.807) is 0 Å². The Kier molecular flexibility index (Phi) is 11.5. The standard InChI is InChI=1S/C24H41N5.HI/c1-4-25-24(26-14-10-21-11-15-28(3)16-12-21)27-23-13-17-29(20(2)18-23)19-22-8-6-5-7-9-22;/h5-9,20-21,23H,4,10-19H2,1-3H3,(H2,25,26,27);1H. The zero-order chi connectivity index (χ0) is 20.5. The molecule has 3 rings (SSSR count). The van der Waals surface area contributed by atoms with Gasteiger partial charge in [-0.25, -0.2) is 0 Å². The van der Waals surface area contributed by atoms with Gasteiger partial charge < -0.3 is 15.5 Å². The minimum absolute atomic E-state index is 0. The van der Waals surface area contributed by atoms with Crippen molar-refractivity contribution in [3.63, 3.8) is 0 Å². The molecule has 6 heteroatoms. The van der Waals surface area contributed by atoms with Gasteiger partial charge in [0.1, 0.15) is 0 Å². The largest absolute Gasteiger partial charge is 0.357 e. The third-order valence-corrected chi connectivity index (χ3v) is 6.57. The molecular formula is C24H42IN5. The Morgan fingerprint density at radius 2 is 1.83 bits per heavy atom. The monoisotopic (exact) mass is 527 g/mol. The lowest BCUT2D eigenvalue weighted by Gasteiger charge is -2.38. The predicted molar refractivity (Wildman–Crippen MR) is 139 cm³/mol. The van der Waals surface area contributed by atoms with Crippen molar-refractivity contribution in [2.75, 3.05) is 39.8 Å². The Labute approximate surface area is 201 Å².